The van der Waals surface area contributed by atoms with Crippen LogP contribution in [0.2, 0.25) is 0 Å². The molecule has 0 aromatic heterocycles. The molecule has 4 rings (SSSR count). The average Bonchev–Trinajstić information content (AvgIpc) is 2.94. The molecule has 2 N–H and O–H groups in total. The monoisotopic (exact) mass is 303 g/mol. The lowest BCUT2D eigenvalue weighted by Gasteiger charge is -2.47. The zero-order valence-electron chi connectivity index (χ0n) is 11.7. The summed E-state index contributed by atoms with van der Waals surface area (Å²) in [7, 11) is 0. The fraction of sp³-hybridized carbons (Fsp3) is 0.400. The number of nitrogens with one attached hydrogen (secondary N) is 2. The van der Waals surface area contributed by atoms with Crippen LogP contribution in [0.5, 0.6) is 0 Å². The van der Waals surface area contributed by atoms with E-state index in [0.717, 1.165) is 6.42 Å². The standard InChI is InChI=1S/C15H14FN3O3/c16-9-4-1-3-8-7-15(10-5-2-6-19(10)11(8)9)12(20)17-14(22)18-13(15)21/h1,3-4,10H,2,5-7H2,(H2,17,18,20,21,22)/t10-/m0/s1. The molecule has 4 amide bonds. The summed E-state index contributed by atoms with van der Waals surface area (Å²) in [5.41, 5.74) is -0.267. The molecule has 3 heterocycles. The Bertz CT molecular complexity index is 698. The van der Waals surface area contributed by atoms with Crippen molar-refractivity contribution in [2.75, 3.05) is 11.4 Å². The van der Waals surface area contributed by atoms with Gasteiger partial charge in [0.15, 0.2) is 5.41 Å². The van der Waals surface area contributed by atoms with Gasteiger partial charge in [-0.15, -0.1) is 0 Å². The first-order valence-corrected chi connectivity index (χ1v) is 7.25. The largest absolute Gasteiger partial charge is 0.364 e. The van der Waals surface area contributed by atoms with Gasteiger partial charge in [-0.3, -0.25) is 20.2 Å². The summed E-state index contributed by atoms with van der Waals surface area (Å²) in [6.07, 6.45) is 1.49. The number of benzene rings is 1. The lowest BCUT2D eigenvalue weighted by atomic mass is 9.69. The van der Waals surface area contributed by atoms with E-state index < -0.39 is 29.3 Å². The Morgan fingerprint density at radius 2 is 1.91 bits per heavy atom. The molecule has 3 aliphatic heterocycles. The molecule has 0 aliphatic carbocycles. The summed E-state index contributed by atoms with van der Waals surface area (Å²) in [6.45, 7) is 0.592. The highest BCUT2D eigenvalue weighted by Gasteiger charge is 2.60. The van der Waals surface area contributed by atoms with Gasteiger partial charge in [0.1, 0.15) is 5.82 Å². The summed E-state index contributed by atoms with van der Waals surface area (Å²) in [5.74, 6) is -1.52. The van der Waals surface area contributed by atoms with Crippen molar-refractivity contribution < 1.29 is 18.8 Å². The summed E-state index contributed by atoms with van der Waals surface area (Å²) in [4.78, 5) is 38.2. The molecule has 0 unspecified atom stereocenters. The Kier molecular flexibility index (Phi) is 2.58. The Morgan fingerprint density at radius 3 is 2.64 bits per heavy atom. The lowest BCUT2D eigenvalue weighted by Crippen LogP contribution is -2.70. The van der Waals surface area contributed by atoms with E-state index in [2.05, 4.69) is 10.6 Å². The minimum Gasteiger partial charge on any atom is -0.364 e. The summed E-state index contributed by atoms with van der Waals surface area (Å²) < 4.78 is 14.2. The maximum absolute atomic E-state index is 14.2. The van der Waals surface area contributed by atoms with E-state index >= 15 is 0 Å². The van der Waals surface area contributed by atoms with Crippen molar-refractivity contribution in [3.05, 3.63) is 29.6 Å². The van der Waals surface area contributed by atoms with Crippen molar-refractivity contribution in [2.24, 2.45) is 5.41 Å². The Balaban J connectivity index is 1.90. The van der Waals surface area contributed by atoms with Crippen LogP contribution in [0.1, 0.15) is 18.4 Å². The second-order valence-electron chi connectivity index (χ2n) is 5.98. The number of carbonyl (C=O) groups is 3. The minimum atomic E-state index is -1.37. The molecular formula is C15H14FN3O3. The molecule has 6 nitrogen and oxygen atoms in total. The molecule has 0 radical (unpaired) electrons. The number of hydrogen-bond donors (Lipinski definition) is 2. The van der Waals surface area contributed by atoms with Crippen molar-refractivity contribution in [3.63, 3.8) is 0 Å². The maximum Gasteiger partial charge on any atom is 0.328 e. The summed E-state index contributed by atoms with van der Waals surface area (Å²) in [6, 6.07) is 3.46. The molecule has 2 saturated heterocycles. The van der Waals surface area contributed by atoms with E-state index in [4.69, 9.17) is 0 Å². The first-order chi connectivity index (χ1) is 10.5. The smallest absolute Gasteiger partial charge is 0.328 e. The fourth-order valence-corrected chi connectivity index (χ4v) is 4.02. The van der Waals surface area contributed by atoms with E-state index in [0.29, 0.717) is 24.2 Å². The third-order valence-electron chi connectivity index (χ3n) is 4.91. The van der Waals surface area contributed by atoms with Crippen LogP contribution >= 0.6 is 0 Å². The highest BCUT2D eigenvalue weighted by molar-refractivity contribution is 6.20. The van der Waals surface area contributed by atoms with Crippen LogP contribution in [0.3, 0.4) is 0 Å². The van der Waals surface area contributed by atoms with Crippen LogP contribution < -0.4 is 15.5 Å². The Morgan fingerprint density at radius 1 is 1.18 bits per heavy atom. The summed E-state index contributed by atoms with van der Waals surface area (Å²) >= 11 is 0. The molecule has 1 aromatic carbocycles. The number of anilines is 1. The number of rotatable bonds is 0. The van der Waals surface area contributed by atoms with Gasteiger partial charge in [-0.25, -0.2) is 9.18 Å². The highest BCUT2D eigenvalue weighted by Crippen LogP contribution is 2.47. The van der Waals surface area contributed by atoms with Crippen molar-refractivity contribution in [1.82, 2.24) is 10.6 Å². The number of imide groups is 2. The maximum atomic E-state index is 14.2. The molecule has 0 saturated carbocycles. The minimum absolute atomic E-state index is 0.103. The molecule has 1 aromatic rings. The van der Waals surface area contributed by atoms with Gasteiger partial charge in [-0.1, -0.05) is 12.1 Å². The average molecular weight is 303 g/mol. The number of urea groups is 1. The number of nitrogens with zero attached hydrogens (tertiary/aromatic N) is 1. The van der Waals surface area contributed by atoms with Crippen LogP contribution in [0.4, 0.5) is 14.9 Å². The van der Waals surface area contributed by atoms with Gasteiger partial charge in [0.25, 0.3) is 0 Å². The second kappa shape index (κ2) is 4.28. The molecule has 114 valence electrons. The number of hydrogen-bond acceptors (Lipinski definition) is 4. The molecule has 1 atom stereocenters. The van der Waals surface area contributed by atoms with Crippen LogP contribution in [-0.2, 0) is 16.0 Å². The fourth-order valence-electron chi connectivity index (χ4n) is 4.02. The molecule has 3 aliphatic rings. The predicted molar refractivity (Wildman–Crippen MR) is 74.6 cm³/mol. The molecule has 7 heteroatoms. The number of carbonyl (C=O) groups excluding carboxylic acids is 3. The van der Waals surface area contributed by atoms with E-state index in [9.17, 15) is 18.8 Å². The quantitative estimate of drug-likeness (QED) is 0.692. The Labute approximate surface area is 125 Å². The first kappa shape index (κ1) is 13.2. The molecule has 1 spiro atoms. The van der Waals surface area contributed by atoms with Gasteiger partial charge in [0.2, 0.25) is 11.8 Å². The lowest BCUT2D eigenvalue weighted by molar-refractivity contribution is -0.146. The molecule has 2 fully saturated rings. The van der Waals surface area contributed by atoms with E-state index in [1.807, 2.05) is 4.90 Å². The van der Waals surface area contributed by atoms with Gasteiger partial charge in [0.05, 0.1) is 11.7 Å². The van der Waals surface area contributed by atoms with Crippen molar-refractivity contribution in [1.29, 1.82) is 0 Å². The van der Waals surface area contributed by atoms with Crippen LogP contribution in [-0.4, -0.2) is 30.4 Å². The van der Waals surface area contributed by atoms with Gasteiger partial charge in [-0.05, 0) is 30.9 Å². The van der Waals surface area contributed by atoms with Crippen LogP contribution in [0.15, 0.2) is 18.2 Å². The third kappa shape index (κ3) is 1.51. The zero-order valence-corrected chi connectivity index (χ0v) is 11.7. The highest BCUT2D eigenvalue weighted by atomic mass is 19.1. The van der Waals surface area contributed by atoms with E-state index in [1.54, 1.807) is 12.1 Å². The number of para-hydroxylation sites is 1. The second-order valence-corrected chi connectivity index (χ2v) is 5.98. The normalized spacial score (nSPS) is 25.6. The van der Waals surface area contributed by atoms with Crippen molar-refractivity contribution in [2.45, 2.75) is 25.3 Å². The van der Waals surface area contributed by atoms with Gasteiger partial charge < -0.3 is 4.90 Å². The molecular weight excluding hydrogens is 289 g/mol. The van der Waals surface area contributed by atoms with Crippen LogP contribution in [0.25, 0.3) is 0 Å². The van der Waals surface area contributed by atoms with Gasteiger partial charge >= 0.3 is 6.03 Å². The number of fused-ring (bicyclic) bond motifs is 4. The molecule has 22 heavy (non-hydrogen) atoms. The third-order valence-corrected chi connectivity index (χ3v) is 4.91. The zero-order chi connectivity index (χ0) is 15.5. The predicted octanol–water partition coefficient (Wildman–Crippen LogP) is 0.703. The van der Waals surface area contributed by atoms with E-state index in [-0.39, 0.29) is 12.2 Å². The number of barbiturate groups is 1. The van der Waals surface area contributed by atoms with Crippen molar-refractivity contribution in [3.8, 4) is 0 Å². The van der Waals surface area contributed by atoms with Gasteiger partial charge in [0, 0.05) is 6.54 Å². The van der Waals surface area contributed by atoms with Gasteiger partial charge in [-0.2, -0.15) is 0 Å². The Hall–Kier alpha value is -2.44. The van der Waals surface area contributed by atoms with Crippen molar-refractivity contribution >= 4 is 23.5 Å². The van der Waals surface area contributed by atoms with Crippen LogP contribution in [0, 0.1) is 11.2 Å². The number of amides is 4. The summed E-state index contributed by atoms with van der Waals surface area (Å²) in [5, 5.41) is 4.40. The SMILES string of the molecule is O=C1NC(=O)C2(Cc3cccc(F)c3N3CCC[C@H]32)C(=O)N1. The molecule has 0 bridgehead atoms. The first-order valence-electron chi connectivity index (χ1n) is 7.25. The van der Waals surface area contributed by atoms with E-state index in [1.165, 1.54) is 6.07 Å². The topological polar surface area (TPSA) is 78.5 Å². The number of halogens is 1.